The second-order valence-electron chi connectivity index (χ2n) is 5.29. The maximum absolute atomic E-state index is 12.9. The van der Waals surface area contributed by atoms with E-state index in [0.717, 1.165) is 12.1 Å². The Balaban J connectivity index is 1.72. The minimum absolute atomic E-state index is 0.204. The Hall–Kier alpha value is -2.55. The molecule has 0 spiro atoms. The molecule has 0 radical (unpaired) electrons. The highest BCUT2D eigenvalue weighted by Gasteiger charge is 2.16. The van der Waals surface area contributed by atoms with E-state index in [0.29, 0.717) is 0 Å². The summed E-state index contributed by atoms with van der Waals surface area (Å²) in [5.41, 5.74) is 2.28. The standard InChI is InChI=1S/C19H17BFN/c21-19-10-8-17(9-11-19)12-14-20-13-4-5-15-22(20)16-18-6-2-1-3-7-18/h1-15H,16H2/b14-12+. The van der Waals surface area contributed by atoms with Crippen LogP contribution in [0.3, 0.4) is 0 Å². The van der Waals surface area contributed by atoms with Gasteiger partial charge < -0.3 is 4.81 Å². The van der Waals surface area contributed by atoms with Crippen molar-refractivity contribution >= 4 is 12.9 Å². The van der Waals surface area contributed by atoms with E-state index in [1.165, 1.54) is 17.7 Å². The molecule has 0 aromatic heterocycles. The summed E-state index contributed by atoms with van der Waals surface area (Å²) in [7, 11) is 0. The normalized spacial score (nSPS) is 14.0. The maximum Gasteiger partial charge on any atom is 0.308 e. The van der Waals surface area contributed by atoms with Crippen LogP contribution in [0.4, 0.5) is 4.39 Å². The van der Waals surface area contributed by atoms with Gasteiger partial charge in [-0.2, -0.15) is 0 Å². The third-order valence-electron chi connectivity index (χ3n) is 3.64. The second kappa shape index (κ2) is 6.94. The van der Waals surface area contributed by atoms with Crippen LogP contribution in [0.1, 0.15) is 11.1 Å². The highest BCUT2D eigenvalue weighted by atomic mass is 19.1. The predicted molar refractivity (Wildman–Crippen MR) is 91.5 cm³/mol. The summed E-state index contributed by atoms with van der Waals surface area (Å²) in [6, 6.07) is 17.0. The van der Waals surface area contributed by atoms with Crippen LogP contribution in [0.5, 0.6) is 0 Å². The van der Waals surface area contributed by atoms with E-state index in [-0.39, 0.29) is 12.7 Å². The molecule has 3 rings (SSSR count). The summed E-state index contributed by atoms with van der Waals surface area (Å²) < 4.78 is 12.9. The molecule has 0 bridgehead atoms. The predicted octanol–water partition coefficient (Wildman–Crippen LogP) is 4.49. The molecule has 0 N–H and O–H groups in total. The van der Waals surface area contributed by atoms with E-state index in [1.54, 1.807) is 12.1 Å². The molecule has 1 aliphatic rings. The van der Waals surface area contributed by atoms with Gasteiger partial charge in [-0.3, -0.25) is 0 Å². The van der Waals surface area contributed by atoms with Crippen molar-refractivity contribution in [2.45, 2.75) is 6.54 Å². The van der Waals surface area contributed by atoms with E-state index < -0.39 is 0 Å². The highest BCUT2D eigenvalue weighted by molar-refractivity contribution is 6.67. The lowest BCUT2D eigenvalue weighted by atomic mass is 9.59. The lowest BCUT2D eigenvalue weighted by molar-refractivity contribution is 0.577. The summed E-state index contributed by atoms with van der Waals surface area (Å²) in [4.78, 5) is 2.27. The summed E-state index contributed by atoms with van der Waals surface area (Å²) in [5, 5.41) is 0. The number of hydrogen-bond donors (Lipinski definition) is 0. The lowest BCUT2D eigenvalue weighted by Crippen LogP contribution is -2.33. The largest absolute Gasteiger partial charge is 0.410 e. The molecule has 0 fully saturated rings. The Morgan fingerprint density at radius 1 is 0.955 bits per heavy atom. The van der Waals surface area contributed by atoms with Crippen LogP contribution in [0.2, 0.25) is 0 Å². The van der Waals surface area contributed by atoms with Gasteiger partial charge in [0.25, 0.3) is 0 Å². The maximum atomic E-state index is 12.9. The molecule has 0 saturated heterocycles. The molecule has 2 aromatic carbocycles. The average molecular weight is 289 g/mol. The molecule has 1 aliphatic heterocycles. The van der Waals surface area contributed by atoms with E-state index in [2.05, 4.69) is 53.3 Å². The number of nitrogens with zero attached hydrogens (tertiary/aromatic N) is 1. The summed E-state index contributed by atoms with van der Waals surface area (Å²) in [6.07, 6.45) is 8.24. The summed E-state index contributed by atoms with van der Waals surface area (Å²) in [6.45, 7) is 1.07. The van der Waals surface area contributed by atoms with Gasteiger partial charge in [0.15, 0.2) is 0 Å². The first kappa shape index (κ1) is 14.4. The van der Waals surface area contributed by atoms with Crippen LogP contribution in [-0.2, 0) is 6.54 Å². The summed E-state index contributed by atoms with van der Waals surface area (Å²) >= 11 is 0. The molecule has 0 aliphatic carbocycles. The fraction of sp³-hybridized carbons (Fsp3) is 0.0526. The number of benzene rings is 2. The first-order chi connectivity index (χ1) is 10.8. The smallest absolute Gasteiger partial charge is 0.308 e. The lowest BCUT2D eigenvalue weighted by Gasteiger charge is -2.26. The molecule has 3 heteroatoms. The van der Waals surface area contributed by atoms with Gasteiger partial charge in [-0.25, -0.2) is 4.39 Å². The zero-order valence-corrected chi connectivity index (χ0v) is 12.3. The molecule has 22 heavy (non-hydrogen) atoms. The molecule has 0 amide bonds. The third-order valence-corrected chi connectivity index (χ3v) is 3.64. The first-order valence-corrected chi connectivity index (χ1v) is 7.40. The minimum Gasteiger partial charge on any atom is -0.410 e. The molecule has 0 atom stereocenters. The van der Waals surface area contributed by atoms with Gasteiger partial charge in [0, 0.05) is 6.54 Å². The van der Waals surface area contributed by atoms with Crippen molar-refractivity contribution in [3.63, 3.8) is 0 Å². The van der Waals surface area contributed by atoms with Gasteiger partial charge >= 0.3 is 6.85 Å². The fourth-order valence-electron chi connectivity index (χ4n) is 2.46. The molecule has 0 saturated carbocycles. The second-order valence-corrected chi connectivity index (χ2v) is 5.29. The van der Waals surface area contributed by atoms with E-state index in [4.69, 9.17) is 0 Å². The van der Waals surface area contributed by atoms with Crippen molar-refractivity contribution in [1.29, 1.82) is 0 Å². The quantitative estimate of drug-likeness (QED) is 0.749. The van der Waals surface area contributed by atoms with Crippen molar-refractivity contribution < 1.29 is 4.39 Å². The Labute approximate surface area is 131 Å². The number of hydrogen-bond acceptors (Lipinski definition) is 1. The van der Waals surface area contributed by atoms with Crippen LogP contribution < -0.4 is 0 Å². The number of rotatable bonds is 4. The van der Waals surface area contributed by atoms with Crippen LogP contribution in [0, 0.1) is 5.82 Å². The first-order valence-electron chi connectivity index (χ1n) is 7.40. The van der Waals surface area contributed by atoms with Gasteiger partial charge in [0.05, 0.1) is 0 Å². The van der Waals surface area contributed by atoms with Gasteiger partial charge in [0.1, 0.15) is 5.82 Å². The van der Waals surface area contributed by atoms with Crippen molar-refractivity contribution in [3.05, 3.63) is 102 Å². The Kier molecular flexibility index (Phi) is 4.54. The monoisotopic (exact) mass is 289 g/mol. The van der Waals surface area contributed by atoms with Gasteiger partial charge in [0.2, 0.25) is 0 Å². The Morgan fingerprint density at radius 3 is 2.50 bits per heavy atom. The zero-order chi connectivity index (χ0) is 15.2. The molecular formula is C19H17BFN. The van der Waals surface area contributed by atoms with Crippen LogP contribution >= 0.6 is 0 Å². The van der Waals surface area contributed by atoms with E-state index in [1.807, 2.05) is 18.2 Å². The fourth-order valence-corrected chi connectivity index (χ4v) is 2.46. The molecule has 2 aromatic rings. The third kappa shape index (κ3) is 3.76. The summed E-state index contributed by atoms with van der Waals surface area (Å²) in [5.74, 6) is 4.09. The molecule has 0 unspecified atom stereocenters. The zero-order valence-electron chi connectivity index (χ0n) is 12.3. The molecular weight excluding hydrogens is 272 g/mol. The Bertz CT molecular complexity index is 689. The SMILES string of the molecule is Fc1ccc(/C=C/B2C=CC=CN2Cc2ccccc2)cc1. The van der Waals surface area contributed by atoms with E-state index in [9.17, 15) is 4.39 Å². The van der Waals surface area contributed by atoms with Crippen molar-refractivity contribution in [1.82, 2.24) is 4.81 Å². The van der Waals surface area contributed by atoms with Crippen molar-refractivity contribution in [2.24, 2.45) is 0 Å². The van der Waals surface area contributed by atoms with Gasteiger partial charge in [-0.1, -0.05) is 66.6 Å². The van der Waals surface area contributed by atoms with Crippen LogP contribution in [-0.4, -0.2) is 11.7 Å². The highest BCUT2D eigenvalue weighted by Crippen LogP contribution is 2.13. The molecule has 1 nitrogen and oxygen atoms in total. The van der Waals surface area contributed by atoms with Gasteiger partial charge in [-0.15, -0.1) is 0 Å². The van der Waals surface area contributed by atoms with Gasteiger partial charge in [-0.05, 0) is 35.5 Å². The van der Waals surface area contributed by atoms with Crippen molar-refractivity contribution in [3.8, 4) is 0 Å². The topological polar surface area (TPSA) is 3.24 Å². The molecule has 108 valence electrons. The number of allylic oxidation sites excluding steroid dienone is 2. The number of halogens is 1. The van der Waals surface area contributed by atoms with Crippen molar-refractivity contribution in [2.75, 3.05) is 0 Å². The van der Waals surface area contributed by atoms with Crippen LogP contribution in [0.25, 0.3) is 6.08 Å². The minimum atomic E-state index is -0.205. The van der Waals surface area contributed by atoms with E-state index >= 15 is 0 Å². The molecule has 1 heterocycles. The average Bonchev–Trinajstić information content (AvgIpc) is 2.56. The Morgan fingerprint density at radius 2 is 1.73 bits per heavy atom. The van der Waals surface area contributed by atoms with Crippen LogP contribution in [0.15, 0.2) is 84.9 Å².